The topological polar surface area (TPSA) is 55.4 Å². The second-order valence-corrected chi connectivity index (χ2v) is 7.36. The van der Waals surface area contributed by atoms with Crippen molar-refractivity contribution < 1.29 is 14.3 Å². The zero-order valence-corrected chi connectivity index (χ0v) is 13.3. The number of alkyl carbamates (subject to hydrolysis) is 1. The second-order valence-electron chi connectivity index (χ2n) is 5.10. The van der Waals surface area contributed by atoms with Crippen LogP contribution in [0.15, 0.2) is 30.3 Å². The first-order valence-electron chi connectivity index (χ1n) is 6.04. The van der Waals surface area contributed by atoms with Crippen molar-refractivity contribution in [3.8, 4) is 0 Å². The van der Waals surface area contributed by atoms with Crippen LogP contribution in [0.3, 0.4) is 0 Å². The predicted octanol–water partition coefficient (Wildman–Crippen LogP) is 1.46. The zero-order chi connectivity index (χ0) is 14.5. The van der Waals surface area contributed by atoms with Crippen molar-refractivity contribution in [1.82, 2.24) is 5.32 Å². The zero-order valence-electron chi connectivity index (χ0n) is 11.6. The van der Waals surface area contributed by atoms with E-state index in [0.717, 1.165) is 4.46 Å². The van der Waals surface area contributed by atoms with E-state index in [-0.39, 0.29) is 19.6 Å². The van der Waals surface area contributed by atoms with Crippen LogP contribution in [-0.4, -0.2) is 37.4 Å². The van der Waals surface area contributed by atoms with Gasteiger partial charge in [-0.1, -0.05) is 0 Å². The van der Waals surface area contributed by atoms with Crippen LogP contribution < -0.4 is 9.78 Å². The number of benzene rings is 1. The molecule has 1 aromatic carbocycles. The number of hydrogen-bond donors (Lipinski definition) is 1. The van der Waals surface area contributed by atoms with Gasteiger partial charge in [-0.3, -0.25) is 0 Å². The molecule has 0 saturated heterocycles. The van der Waals surface area contributed by atoms with Crippen LogP contribution in [0.4, 0.5) is 4.79 Å². The molecule has 1 N–H and O–H groups in total. The van der Waals surface area contributed by atoms with Crippen molar-refractivity contribution in [2.24, 2.45) is 0 Å². The number of ether oxygens (including phenoxy) is 1. The molecule has 1 atom stereocenters. The summed E-state index contributed by atoms with van der Waals surface area (Å²) in [7, 11) is 0. The van der Waals surface area contributed by atoms with Gasteiger partial charge in [-0.05, 0) is 0 Å². The molecule has 104 valence electrons. The fourth-order valence-electron chi connectivity index (χ4n) is 1.24. The maximum atomic E-state index is 12.0. The van der Waals surface area contributed by atoms with Crippen LogP contribution in [-0.2, 0) is 9.53 Å². The molecule has 1 rings (SSSR count). The van der Waals surface area contributed by atoms with Gasteiger partial charge in [0.25, 0.3) is 0 Å². The summed E-state index contributed by atoms with van der Waals surface area (Å²) in [6.07, 6.45) is -0.558. The minimum atomic E-state index is -0.558. The molecule has 0 heterocycles. The van der Waals surface area contributed by atoms with E-state index in [1.807, 2.05) is 30.3 Å². The van der Waals surface area contributed by atoms with Crippen LogP contribution in [0.25, 0.3) is 0 Å². The van der Waals surface area contributed by atoms with Gasteiger partial charge in [0, 0.05) is 0 Å². The molecular weight excluding hydrogens is 309 g/mol. The Kier molecular flexibility index (Phi) is 5.58. The molecule has 1 amide bonds. The average Bonchev–Trinajstić information content (AvgIpc) is 2.27. The van der Waals surface area contributed by atoms with Crippen molar-refractivity contribution in [2.75, 3.05) is 0 Å². The molecule has 5 heteroatoms. The molecule has 0 spiro atoms. The normalized spacial score (nSPS) is 12.6. The molecular formula is C14H19NO3Se. The Hall–Kier alpha value is -1.32. The second kappa shape index (κ2) is 6.73. The quantitative estimate of drug-likeness (QED) is 0.852. The first-order chi connectivity index (χ1) is 8.78. The molecule has 0 radical (unpaired) electrons. The standard InChI is InChI=1S/C14H19NO3Se/c1-10(15-13(17)18-14(2,3)4)12(16)19-11-8-6-5-7-9-11/h5-10H,1-4H3,(H,15,17). The van der Waals surface area contributed by atoms with E-state index in [1.54, 1.807) is 27.7 Å². The summed E-state index contributed by atoms with van der Waals surface area (Å²) in [4.78, 5) is 23.5. The minimum absolute atomic E-state index is 0.0181. The van der Waals surface area contributed by atoms with Crippen molar-refractivity contribution in [3.63, 3.8) is 0 Å². The van der Waals surface area contributed by atoms with E-state index in [9.17, 15) is 9.59 Å². The van der Waals surface area contributed by atoms with Crippen molar-refractivity contribution in [1.29, 1.82) is 0 Å². The van der Waals surface area contributed by atoms with Crippen molar-refractivity contribution >= 4 is 30.2 Å². The third-order valence-electron chi connectivity index (χ3n) is 2.05. The van der Waals surface area contributed by atoms with Crippen molar-refractivity contribution in [2.45, 2.75) is 39.3 Å². The first kappa shape index (κ1) is 15.7. The third-order valence-corrected chi connectivity index (χ3v) is 4.28. The average molecular weight is 328 g/mol. The number of carbonyl (C=O) groups is 2. The van der Waals surface area contributed by atoms with Gasteiger partial charge in [0.2, 0.25) is 0 Å². The number of carbonyl (C=O) groups excluding carboxylic acids is 2. The van der Waals surface area contributed by atoms with E-state index >= 15 is 0 Å². The number of nitrogens with one attached hydrogen (secondary N) is 1. The van der Waals surface area contributed by atoms with Crippen molar-refractivity contribution in [3.05, 3.63) is 30.3 Å². The Morgan fingerprint density at radius 1 is 1.21 bits per heavy atom. The summed E-state index contributed by atoms with van der Waals surface area (Å²) < 4.78 is 6.13. The summed E-state index contributed by atoms with van der Waals surface area (Å²) in [6.45, 7) is 7.03. The molecule has 0 aliphatic rings. The molecule has 0 saturated carbocycles. The molecule has 0 fully saturated rings. The van der Waals surface area contributed by atoms with Crippen LogP contribution in [0, 0.1) is 0 Å². The molecule has 1 aromatic rings. The Bertz CT molecular complexity index is 440. The van der Waals surface area contributed by atoms with Gasteiger partial charge >= 0.3 is 120 Å². The molecule has 0 aliphatic heterocycles. The fraction of sp³-hybridized carbons (Fsp3) is 0.429. The van der Waals surface area contributed by atoms with E-state index in [4.69, 9.17) is 4.74 Å². The molecule has 0 aliphatic carbocycles. The molecule has 4 nitrogen and oxygen atoms in total. The first-order valence-corrected chi connectivity index (χ1v) is 7.75. The maximum absolute atomic E-state index is 12.0. The number of hydrogen-bond acceptors (Lipinski definition) is 3. The Balaban J connectivity index is 2.47. The summed E-state index contributed by atoms with van der Waals surface area (Å²) in [5, 5.41) is 2.56. The number of rotatable bonds is 4. The van der Waals surface area contributed by atoms with Gasteiger partial charge in [0.1, 0.15) is 0 Å². The van der Waals surface area contributed by atoms with E-state index in [1.165, 1.54) is 0 Å². The van der Waals surface area contributed by atoms with Gasteiger partial charge in [-0.25, -0.2) is 0 Å². The molecule has 19 heavy (non-hydrogen) atoms. The summed E-state index contributed by atoms with van der Waals surface area (Å²) in [5.74, 6) is 0. The summed E-state index contributed by atoms with van der Waals surface area (Å²) in [5.41, 5.74) is -0.558. The van der Waals surface area contributed by atoms with Crippen LogP contribution >= 0.6 is 0 Å². The SMILES string of the molecule is CC(NC(=O)OC(C)(C)C)C(=O)[Se]c1ccccc1. The molecule has 0 aromatic heterocycles. The fourth-order valence-corrected chi connectivity index (χ4v) is 2.83. The van der Waals surface area contributed by atoms with Gasteiger partial charge in [-0.2, -0.15) is 0 Å². The Morgan fingerprint density at radius 3 is 2.32 bits per heavy atom. The van der Waals surface area contributed by atoms with E-state index in [0.29, 0.717) is 0 Å². The Labute approximate surface area is 120 Å². The third kappa shape index (κ3) is 6.41. The van der Waals surface area contributed by atoms with Gasteiger partial charge in [0.05, 0.1) is 0 Å². The van der Waals surface area contributed by atoms with E-state index < -0.39 is 17.7 Å². The van der Waals surface area contributed by atoms with Gasteiger partial charge < -0.3 is 0 Å². The summed E-state index contributed by atoms with van der Waals surface area (Å²) >= 11 is -0.296. The van der Waals surface area contributed by atoms with Crippen LogP contribution in [0.1, 0.15) is 27.7 Å². The number of amides is 1. The molecule has 0 bridgehead atoms. The molecule has 1 unspecified atom stereocenters. The van der Waals surface area contributed by atoms with E-state index in [2.05, 4.69) is 5.32 Å². The van der Waals surface area contributed by atoms with Gasteiger partial charge in [0.15, 0.2) is 0 Å². The van der Waals surface area contributed by atoms with Gasteiger partial charge in [-0.15, -0.1) is 0 Å². The predicted molar refractivity (Wildman–Crippen MR) is 75.7 cm³/mol. The summed E-state index contributed by atoms with van der Waals surface area (Å²) in [6, 6.07) is 9.00. The van der Waals surface area contributed by atoms with Crippen LogP contribution in [0.2, 0.25) is 0 Å². The Morgan fingerprint density at radius 2 is 1.79 bits per heavy atom. The van der Waals surface area contributed by atoms with Crippen LogP contribution in [0.5, 0.6) is 0 Å². The monoisotopic (exact) mass is 329 g/mol.